The molecule has 112 valence electrons. The number of hydrogen-bond acceptors (Lipinski definition) is 4. The van der Waals surface area contributed by atoms with E-state index in [-0.39, 0.29) is 19.0 Å². The van der Waals surface area contributed by atoms with Crippen molar-refractivity contribution < 1.29 is 19.0 Å². The molecule has 3 N–H and O–H groups in total. The molecule has 0 aromatic heterocycles. The maximum atomic E-state index is 13.3. The third-order valence-electron chi connectivity index (χ3n) is 3.18. The summed E-state index contributed by atoms with van der Waals surface area (Å²) in [5.41, 5.74) is 7.90. The summed E-state index contributed by atoms with van der Waals surface area (Å²) in [4.78, 5) is 0. The van der Waals surface area contributed by atoms with Gasteiger partial charge in [-0.2, -0.15) is 0 Å². The van der Waals surface area contributed by atoms with Crippen molar-refractivity contribution in [2.75, 3.05) is 7.11 Å². The predicted octanol–water partition coefficient (Wildman–Crippen LogP) is 2.36. The molecule has 0 bridgehead atoms. The van der Waals surface area contributed by atoms with Crippen molar-refractivity contribution in [3.63, 3.8) is 0 Å². The van der Waals surface area contributed by atoms with E-state index in [1.54, 1.807) is 24.3 Å². The van der Waals surface area contributed by atoms with Gasteiger partial charge in [-0.3, -0.25) is 0 Å². The summed E-state index contributed by atoms with van der Waals surface area (Å²) in [7, 11) is 1.52. The van der Waals surface area contributed by atoms with Gasteiger partial charge in [0.25, 0.3) is 0 Å². The molecular formula is C16H18FNO3. The van der Waals surface area contributed by atoms with Crippen LogP contribution in [0.15, 0.2) is 36.4 Å². The van der Waals surface area contributed by atoms with E-state index in [2.05, 4.69) is 0 Å². The van der Waals surface area contributed by atoms with E-state index in [1.165, 1.54) is 19.2 Å². The van der Waals surface area contributed by atoms with Crippen molar-refractivity contribution in [3.8, 4) is 11.5 Å². The van der Waals surface area contributed by atoms with Gasteiger partial charge in [-0.15, -0.1) is 0 Å². The molecule has 0 atom stereocenters. The number of hydrogen-bond donors (Lipinski definition) is 2. The third-order valence-corrected chi connectivity index (χ3v) is 3.18. The molecule has 0 saturated carbocycles. The molecule has 0 unspecified atom stereocenters. The van der Waals surface area contributed by atoms with Gasteiger partial charge in [0.05, 0.1) is 13.7 Å². The van der Waals surface area contributed by atoms with Gasteiger partial charge in [-0.05, 0) is 41.0 Å². The van der Waals surface area contributed by atoms with Crippen LogP contribution in [0.5, 0.6) is 11.5 Å². The summed E-state index contributed by atoms with van der Waals surface area (Å²) in [6.07, 6.45) is 0. The van der Waals surface area contributed by atoms with E-state index >= 15 is 0 Å². The predicted molar refractivity (Wildman–Crippen MR) is 77.5 cm³/mol. The number of nitrogens with two attached hydrogens (primary N) is 1. The van der Waals surface area contributed by atoms with Gasteiger partial charge in [0.2, 0.25) is 0 Å². The van der Waals surface area contributed by atoms with Crippen LogP contribution in [0.1, 0.15) is 16.7 Å². The van der Waals surface area contributed by atoms with Crippen LogP contribution in [0, 0.1) is 5.82 Å². The van der Waals surface area contributed by atoms with Crippen LogP contribution >= 0.6 is 0 Å². The van der Waals surface area contributed by atoms with E-state index in [0.29, 0.717) is 23.6 Å². The normalized spacial score (nSPS) is 10.5. The lowest BCUT2D eigenvalue weighted by atomic mass is 10.1. The SMILES string of the molecule is COc1cc(CO)ccc1OCc1cc(F)ccc1CN. The molecule has 0 heterocycles. The van der Waals surface area contributed by atoms with Gasteiger partial charge >= 0.3 is 0 Å². The van der Waals surface area contributed by atoms with E-state index in [1.807, 2.05) is 0 Å². The van der Waals surface area contributed by atoms with Crippen molar-refractivity contribution in [1.29, 1.82) is 0 Å². The first kappa shape index (κ1) is 15.3. The van der Waals surface area contributed by atoms with Crippen molar-refractivity contribution >= 4 is 0 Å². The molecule has 21 heavy (non-hydrogen) atoms. The Morgan fingerprint density at radius 1 is 1.10 bits per heavy atom. The highest BCUT2D eigenvalue weighted by atomic mass is 19.1. The lowest BCUT2D eigenvalue weighted by molar-refractivity contribution is 0.273. The fourth-order valence-electron chi connectivity index (χ4n) is 2.01. The van der Waals surface area contributed by atoms with Gasteiger partial charge < -0.3 is 20.3 Å². The number of methoxy groups -OCH3 is 1. The molecule has 0 radical (unpaired) electrons. The Morgan fingerprint density at radius 2 is 1.90 bits per heavy atom. The maximum absolute atomic E-state index is 13.3. The van der Waals surface area contributed by atoms with Gasteiger partial charge in [0.1, 0.15) is 12.4 Å². The van der Waals surface area contributed by atoms with Crippen LogP contribution in [-0.2, 0) is 19.8 Å². The summed E-state index contributed by atoms with van der Waals surface area (Å²) >= 11 is 0. The van der Waals surface area contributed by atoms with Crippen molar-refractivity contribution in [3.05, 3.63) is 58.9 Å². The van der Waals surface area contributed by atoms with E-state index in [4.69, 9.17) is 20.3 Å². The second-order valence-corrected chi connectivity index (χ2v) is 4.55. The number of aliphatic hydroxyl groups excluding tert-OH is 1. The van der Waals surface area contributed by atoms with E-state index in [9.17, 15) is 4.39 Å². The molecule has 2 rings (SSSR count). The fraction of sp³-hybridized carbons (Fsp3) is 0.250. The van der Waals surface area contributed by atoms with E-state index in [0.717, 1.165) is 11.1 Å². The minimum atomic E-state index is -0.326. The topological polar surface area (TPSA) is 64.7 Å². The number of halogens is 1. The Morgan fingerprint density at radius 3 is 2.57 bits per heavy atom. The molecule has 0 aliphatic carbocycles. The third kappa shape index (κ3) is 3.71. The maximum Gasteiger partial charge on any atom is 0.161 e. The van der Waals surface area contributed by atoms with Crippen molar-refractivity contribution in [1.82, 2.24) is 0 Å². The second-order valence-electron chi connectivity index (χ2n) is 4.55. The zero-order chi connectivity index (χ0) is 15.2. The summed E-state index contributed by atoms with van der Waals surface area (Å²) in [5, 5.41) is 9.10. The largest absolute Gasteiger partial charge is 0.493 e. The van der Waals surface area contributed by atoms with Crippen LogP contribution in [0.2, 0.25) is 0 Å². The van der Waals surface area contributed by atoms with Crippen LogP contribution in [0.4, 0.5) is 4.39 Å². The standard InChI is InChI=1S/C16H18FNO3/c1-20-16-6-11(9-19)2-5-15(16)21-10-13-7-14(17)4-3-12(13)8-18/h2-7,19H,8-10,18H2,1H3. The molecular weight excluding hydrogens is 273 g/mol. The van der Waals surface area contributed by atoms with Gasteiger partial charge in [0, 0.05) is 6.54 Å². The Hall–Kier alpha value is -2.11. The summed E-state index contributed by atoms with van der Waals surface area (Å²) in [6.45, 7) is 0.441. The molecule has 5 heteroatoms. The molecule has 0 spiro atoms. The fourth-order valence-corrected chi connectivity index (χ4v) is 2.01. The number of rotatable bonds is 6. The van der Waals surface area contributed by atoms with Gasteiger partial charge in [0.15, 0.2) is 11.5 Å². The molecule has 0 fully saturated rings. The lowest BCUT2D eigenvalue weighted by Gasteiger charge is -2.13. The summed E-state index contributed by atoms with van der Waals surface area (Å²) < 4.78 is 24.2. The van der Waals surface area contributed by atoms with Crippen LogP contribution in [0.25, 0.3) is 0 Å². The Kier molecular flexibility index (Phi) is 5.14. The average Bonchev–Trinajstić information content (AvgIpc) is 2.52. The smallest absolute Gasteiger partial charge is 0.161 e. The summed E-state index contributed by atoms with van der Waals surface area (Å²) in [6, 6.07) is 9.60. The lowest BCUT2D eigenvalue weighted by Crippen LogP contribution is -2.06. The highest BCUT2D eigenvalue weighted by Gasteiger charge is 2.08. The van der Waals surface area contributed by atoms with Gasteiger partial charge in [-0.1, -0.05) is 12.1 Å². The first-order valence-corrected chi connectivity index (χ1v) is 6.56. The quantitative estimate of drug-likeness (QED) is 0.857. The Labute approximate surface area is 122 Å². The minimum absolute atomic E-state index is 0.0716. The highest BCUT2D eigenvalue weighted by Crippen LogP contribution is 2.29. The Bertz CT molecular complexity index is 616. The molecule has 0 aliphatic rings. The van der Waals surface area contributed by atoms with Crippen molar-refractivity contribution in [2.45, 2.75) is 19.8 Å². The zero-order valence-corrected chi connectivity index (χ0v) is 11.8. The second kappa shape index (κ2) is 7.06. The zero-order valence-electron chi connectivity index (χ0n) is 11.8. The van der Waals surface area contributed by atoms with Crippen molar-refractivity contribution in [2.24, 2.45) is 5.73 Å². The number of ether oxygens (including phenoxy) is 2. The molecule has 0 amide bonds. The number of benzene rings is 2. The molecule has 2 aromatic rings. The number of aliphatic hydroxyl groups is 1. The molecule has 2 aromatic carbocycles. The van der Waals surface area contributed by atoms with Gasteiger partial charge in [-0.25, -0.2) is 4.39 Å². The molecule has 4 nitrogen and oxygen atoms in total. The van der Waals surface area contributed by atoms with Crippen LogP contribution in [-0.4, -0.2) is 12.2 Å². The van der Waals surface area contributed by atoms with E-state index < -0.39 is 0 Å². The van der Waals surface area contributed by atoms with Crippen LogP contribution < -0.4 is 15.2 Å². The monoisotopic (exact) mass is 291 g/mol. The minimum Gasteiger partial charge on any atom is -0.493 e. The van der Waals surface area contributed by atoms with Crippen LogP contribution in [0.3, 0.4) is 0 Å². The molecule has 0 aliphatic heterocycles. The first-order valence-electron chi connectivity index (χ1n) is 6.56. The first-order chi connectivity index (χ1) is 10.2. The summed E-state index contributed by atoms with van der Waals surface area (Å²) in [5.74, 6) is 0.725. The highest BCUT2D eigenvalue weighted by molar-refractivity contribution is 5.43. The molecule has 0 saturated heterocycles. The Balaban J connectivity index is 2.18. The average molecular weight is 291 g/mol.